The first-order chi connectivity index (χ1) is 8.26. The molecular formula is C12H21N3OS. The van der Waals surface area contributed by atoms with Gasteiger partial charge in [0.15, 0.2) is 0 Å². The SMILES string of the molecule is CCCCCCCc1nnc(NC(=O)CC)s1. The van der Waals surface area contributed by atoms with Crippen LogP contribution in [0.2, 0.25) is 0 Å². The van der Waals surface area contributed by atoms with Crippen LogP contribution in [0.4, 0.5) is 5.13 Å². The predicted molar refractivity (Wildman–Crippen MR) is 71.3 cm³/mol. The van der Waals surface area contributed by atoms with Crippen LogP contribution in [0.15, 0.2) is 0 Å². The number of aromatic nitrogens is 2. The third kappa shape index (κ3) is 5.77. The third-order valence-electron chi connectivity index (χ3n) is 2.53. The molecule has 1 amide bonds. The Labute approximate surface area is 107 Å². The van der Waals surface area contributed by atoms with Gasteiger partial charge in [-0.15, -0.1) is 10.2 Å². The van der Waals surface area contributed by atoms with Crippen molar-refractivity contribution < 1.29 is 4.79 Å². The van der Waals surface area contributed by atoms with E-state index in [1.807, 2.05) is 6.92 Å². The van der Waals surface area contributed by atoms with Crippen molar-refractivity contribution in [1.29, 1.82) is 0 Å². The third-order valence-corrected chi connectivity index (χ3v) is 3.43. The largest absolute Gasteiger partial charge is 0.301 e. The average Bonchev–Trinajstić information content (AvgIpc) is 2.76. The lowest BCUT2D eigenvalue weighted by atomic mass is 10.1. The molecular weight excluding hydrogens is 234 g/mol. The van der Waals surface area contributed by atoms with Crippen LogP contribution >= 0.6 is 11.3 Å². The Morgan fingerprint density at radius 3 is 2.65 bits per heavy atom. The standard InChI is InChI=1S/C12H21N3OS/c1-3-5-6-7-8-9-11-14-15-12(17-11)13-10(16)4-2/h3-9H2,1-2H3,(H,13,15,16). The Hall–Kier alpha value is -0.970. The van der Waals surface area contributed by atoms with Crippen molar-refractivity contribution in [2.45, 2.75) is 58.8 Å². The van der Waals surface area contributed by atoms with Crippen molar-refractivity contribution in [2.24, 2.45) is 0 Å². The van der Waals surface area contributed by atoms with Gasteiger partial charge in [0.25, 0.3) is 0 Å². The number of anilines is 1. The zero-order valence-electron chi connectivity index (χ0n) is 10.7. The zero-order chi connectivity index (χ0) is 12.5. The van der Waals surface area contributed by atoms with E-state index in [1.54, 1.807) is 0 Å². The lowest BCUT2D eigenvalue weighted by molar-refractivity contribution is -0.115. The smallest absolute Gasteiger partial charge is 0.225 e. The molecule has 1 heterocycles. The molecule has 0 aliphatic heterocycles. The van der Waals surface area contributed by atoms with E-state index in [4.69, 9.17) is 0 Å². The molecule has 0 fully saturated rings. The first kappa shape index (κ1) is 14.1. The van der Waals surface area contributed by atoms with Crippen LogP contribution in [-0.4, -0.2) is 16.1 Å². The highest BCUT2D eigenvalue weighted by Gasteiger charge is 2.06. The summed E-state index contributed by atoms with van der Waals surface area (Å²) in [4.78, 5) is 11.2. The summed E-state index contributed by atoms with van der Waals surface area (Å²) in [7, 11) is 0. The summed E-state index contributed by atoms with van der Waals surface area (Å²) in [5, 5.41) is 12.4. The molecule has 0 atom stereocenters. The number of carbonyl (C=O) groups is 1. The maximum atomic E-state index is 11.2. The Morgan fingerprint density at radius 1 is 1.18 bits per heavy atom. The van der Waals surface area contributed by atoms with Crippen LogP contribution in [0.1, 0.15) is 57.4 Å². The van der Waals surface area contributed by atoms with E-state index in [0.717, 1.165) is 17.8 Å². The van der Waals surface area contributed by atoms with Crippen LogP contribution < -0.4 is 5.32 Å². The van der Waals surface area contributed by atoms with Gasteiger partial charge in [-0.05, 0) is 6.42 Å². The fourth-order valence-corrected chi connectivity index (χ4v) is 2.29. The molecule has 96 valence electrons. The van der Waals surface area contributed by atoms with Crippen molar-refractivity contribution in [1.82, 2.24) is 10.2 Å². The summed E-state index contributed by atoms with van der Waals surface area (Å²) in [6.07, 6.45) is 7.75. The van der Waals surface area contributed by atoms with Crippen molar-refractivity contribution in [3.8, 4) is 0 Å². The quantitative estimate of drug-likeness (QED) is 0.724. The highest BCUT2D eigenvalue weighted by Crippen LogP contribution is 2.17. The Balaban J connectivity index is 2.23. The molecule has 1 aromatic rings. The van der Waals surface area contributed by atoms with Gasteiger partial charge in [-0.1, -0.05) is 50.9 Å². The van der Waals surface area contributed by atoms with Gasteiger partial charge in [-0.3, -0.25) is 4.79 Å². The number of hydrogen-bond donors (Lipinski definition) is 1. The van der Waals surface area contributed by atoms with Gasteiger partial charge >= 0.3 is 0 Å². The number of rotatable bonds is 8. The fraction of sp³-hybridized carbons (Fsp3) is 0.750. The Bertz CT molecular complexity index is 338. The van der Waals surface area contributed by atoms with E-state index in [2.05, 4.69) is 22.4 Å². The van der Waals surface area contributed by atoms with Gasteiger partial charge in [0.1, 0.15) is 5.01 Å². The number of nitrogens with zero attached hydrogens (tertiary/aromatic N) is 2. The molecule has 4 nitrogen and oxygen atoms in total. The second-order valence-corrected chi connectivity index (χ2v) is 5.13. The maximum absolute atomic E-state index is 11.2. The molecule has 0 spiro atoms. The number of unbranched alkanes of at least 4 members (excludes halogenated alkanes) is 4. The molecule has 0 saturated heterocycles. The van der Waals surface area contributed by atoms with Crippen molar-refractivity contribution >= 4 is 22.4 Å². The van der Waals surface area contributed by atoms with Gasteiger partial charge in [0, 0.05) is 12.8 Å². The summed E-state index contributed by atoms with van der Waals surface area (Å²) in [6.45, 7) is 4.04. The van der Waals surface area contributed by atoms with Gasteiger partial charge < -0.3 is 5.32 Å². The van der Waals surface area contributed by atoms with Crippen LogP contribution in [-0.2, 0) is 11.2 Å². The first-order valence-electron chi connectivity index (χ1n) is 6.38. The normalized spacial score (nSPS) is 10.5. The lowest BCUT2D eigenvalue weighted by Crippen LogP contribution is -2.08. The van der Waals surface area contributed by atoms with Crippen LogP contribution in [0.25, 0.3) is 0 Å². The Kier molecular flexibility index (Phi) is 6.77. The lowest BCUT2D eigenvalue weighted by Gasteiger charge is -1.97. The number of carbonyl (C=O) groups excluding carboxylic acids is 1. The van der Waals surface area contributed by atoms with E-state index in [0.29, 0.717) is 11.6 Å². The number of amides is 1. The number of nitrogens with one attached hydrogen (secondary N) is 1. The van der Waals surface area contributed by atoms with Crippen molar-refractivity contribution in [3.63, 3.8) is 0 Å². The molecule has 0 unspecified atom stereocenters. The number of hydrogen-bond acceptors (Lipinski definition) is 4. The maximum Gasteiger partial charge on any atom is 0.225 e. The van der Waals surface area contributed by atoms with E-state index >= 15 is 0 Å². The van der Waals surface area contributed by atoms with E-state index in [1.165, 1.54) is 37.0 Å². The number of aryl methyl sites for hydroxylation is 1. The molecule has 17 heavy (non-hydrogen) atoms. The van der Waals surface area contributed by atoms with Crippen LogP contribution in [0.3, 0.4) is 0 Å². The van der Waals surface area contributed by atoms with Gasteiger partial charge in [0.05, 0.1) is 0 Å². The van der Waals surface area contributed by atoms with Crippen LogP contribution in [0, 0.1) is 0 Å². The molecule has 0 saturated carbocycles. The van der Waals surface area contributed by atoms with Gasteiger partial charge in [0.2, 0.25) is 11.0 Å². The minimum absolute atomic E-state index is 0.00403. The van der Waals surface area contributed by atoms with Crippen molar-refractivity contribution in [2.75, 3.05) is 5.32 Å². The van der Waals surface area contributed by atoms with E-state index in [-0.39, 0.29) is 5.91 Å². The molecule has 0 aromatic carbocycles. The monoisotopic (exact) mass is 255 g/mol. The highest BCUT2D eigenvalue weighted by atomic mass is 32.1. The zero-order valence-corrected chi connectivity index (χ0v) is 11.5. The molecule has 0 bridgehead atoms. The Morgan fingerprint density at radius 2 is 1.94 bits per heavy atom. The van der Waals surface area contributed by atoms with Gasteiger partial charge in [-0.2, -0.15) is 0 Å². The predicted octanol–water partition coefficient (Wildman–Crippen LogP) is 3.40. The minimum atomic E-state index is -0.00403. The summed E-state index contributed by atoms with van der Waals surface area (Å²) in [6, 6.07) is 0. The fourth-order valence-electron chi connectivity index (χ4n) is 1.49. The van der Waals surface area contributed by atoms with E-state index in [9.17, 15) is 4.79 Å². The molecule has 1 N–H and O–H groups in total. The highest BCUT2D eigenvalue weighted by molar-refractivity contribution is 7.15. The second kappa shape index (κ2) is 8.17. The molecule has 0 aliphatic rings. The summed E-state index contributed by atoms with van der Waals surface area (Å²) < 4.78 is 0. The minimum Gasteiger partial charge on any atom is -0.301 e. The molecule has 5 heteroatoms. The molecule has 0 radical (unpaired) electrons. The summed E-state index contributed by atoms with van der Waals surface area (Å²) in [5.41, 5.74) is 0. The van der Waals surface area contributed by atoms with Gasteiger partial charge in [-0.25, -0.2) is 0 Å². The average molecular weight is 255 g/mol. The molecule has 1 aromatic heterocycles. The molecule has 0 aliphatic carbocycles. The topological polar surface area (TPSA) is 54.9 Å². The summed E-state index contributed by atoms with van der Waals surface area (Å²) >= 11 is 1.49. The molecule has 1 rings (SSSR count). The first-order valence-corrected chi connectivity index (χ1v) is 7.20. The van der Waals surface area contributed by atoms with Crippen molar-refractivity contribution in [3.05, 3.63) is 5.01 Å². The summed E-state index contributed by atoms with van der Waals surface area (Å²) in [5.74, 6) is -0.00403. The van der Waals surface area contributed by atoms with Crippen LogP contribution in [0.5, 0.6) is 0 Å². The van der Waals surface area contributed by atoms with E-state index < -0.39 is 0 Å². The second-order valence-electron chi connectivity index (χ2n) is 4.07.